The van der Waals surface area contributed by atoms with Gasteiger partial charge in [-0.1, -0.05) is 0 Å². The molecule has 0 saturated carbocycles. The van der Waals surface area contributed by atoms with Crippen molar-refractivity contribution in [2.75, 3.05) is 36.4 Å². The van der Waals surface area contributed by atoms with Crippen molar-refractivity contribution in [3.05, 3.63) is 52.8 Å². The quantitative estimate of drug-likeness (QED) is 0.581. The number of benzene rings is 1. The van der Waals surface area contributed by atoms with Crippen molar-refractivity contribution in [2.45, 2.75) is 12.6 Å². The SMILES string of the molecule is O=C(Nc1ccc2[nH]c(=O)oc2c1)C(=O)N1CCCN(c2ccc(C(F)(F)F)nc2)CC1. The van der Waals surface area contributed by atoms with Crippen molar-refractivity contribution in [3.63, 3.8) is 0 Å². The lowest BCUT2D eigenvalue weighted by Gasteiger charge is -2.23. The highest BCUT2D eigenvalue weighted by Crippen LogP contribution is 2.28. The molecule has 12 heteroatoms. The second kappa shape index (κ2) is 8.36. The molecule has 0 bridgehead atoms. The fraction of sp³-hybridized carbons (Fsp3) is 0.300. The molecule has 1 aromatic carbocycles. The van der Waals surface area contributed by atoms with Crippen molar-refractivity contribution in [1.29, 1.82) is 0 Å². The number of nitrogens with one attached hydrogen (secondary N) is 2. The standard InChI is InChI=1S/C20H18F3N5O4/c21-20(22,23)16-5-3-13(11-24-16)27-6-1-7-28(9-8-27)18(30)17(29)25-12-2-4-14-15(10-12)32-19(31)26-14/h2-5,10-11H,1,6-9H2,(H,25,29)(H,26,31). The van der Waals surface area contributed by atoms with E-state index in [4.69, 9.17) is 4.42 Å². The van der Waals surface area contributed by atoms with Gasteiger partial charge in [0, 0.05) is 37.9 Å². The minimum Gasteiger partial charge on any atom is -0.408 e. The molecule has 0 unspecified atom stereocenters. The van der Waals surface area contributed by atoms with E-state index >= 15 is 0 Å². The fourth-order valence-electron chi connectivity index (χ4n) is 3.47. The first-order valence-corrected chi connectivity index (χ1v) is 9.72. The largest absolute Gasteiger partial charge is 0.433 e. The molecule has 2 aromatic heterocycles. The average molecular weight is 449 g/mol. The van der Waals surface area contributed by atoms with E-state index in [1.807, 2.05) is 4.90 Å². The lowest BCUT2D eigenvalue weighted by molar-refractivity contribution is -0.143. The van der Waals surface area contributed by atoms with E-state index in [1.54, 1.807) is 6.07 Å². The second-order valence-electron chi connectivity index (χ2n) is 7.21. The Hall–Kier alpha value is -3.83. The molecule has 0 radical (unpaired) electrons. The molecule has 0 spiro atoms. The Labute approximate surface area is 178 Å². The number of hydrogen-bond acceptors (Lipinski definition) is 6. The van der Waals surface area contributed by atoms with Gasteiger partial charge in [-0.25, -0.2) is 9.78 Å². The van der Waals surface area contributed by atoms with Gasteiger partial charge in [-0.15, -0.1) is 0 Å². The third-order valence-electron chi connectivity index (χ3n) is 5.06. The number of aromatic nitrogens is 2. The monoisotopic (exact) mass is 449 g/mol. The van der Waals surface area contributed by atoms with Gasteiger partial charge >= 0.3 is 23.7 Å². The van der Waals surface area contributed by atoms with Crippen LogP contribution in [0.3, 0.4) is 0 Å². The van der Waals surface area contributed by atoms with Crippen molar-refractivity contribution in [2.24, 2.45) is 0 Å². The topological polar surface area (TPSA) is 112 Å². The lowest BCUT2D eigenvalue weighted by Crippen LogP contribution is -2.41. The van der Waals surface area contributed by atoms with Gasteiger partial charge in [-0.3, -0.25) is 14.6 Å². The van der Waals surface area contributed by atoms with Gasteiger partial charge in [-0.05, 0) is 30.7 Å². The highest BCUT2D eigenvalue weighted by atomic mass is 19.4. The van der Waals surface area contributed by atoms with Crippen LogP contribution in [-0.4, -0.2) is 52.9 Å². The summed E-state index contributed by atoms with van der Waals surface area (Å²) in [6.07, 6.45) is -2.83. The first-order valence-electron chi connectivity index (χ1n) is 9.72. The Morgan fingerprint density at radius 2 is 1.91 bits per heavy atom. The number of anilines is 2. The Bertz CT molecular complexity index is 1200. The first-order chi connectivity index (χ1) is 15.2. The predicted octanol–water partition coefficient (Wildman–Crippen LogP) is 2.21. The number of H-pyrrole nitrogens is 1. The Kier molecular flexibility index (Phi) is 5.59. The van der Waals surface area contributed by atoms with Crippen LogP contribution in [0.15, 0.2) is 45.7 Å². The van der Waals surface area contributed by atoms with Crippen LogP contribution in [0.1, 0.15) is 12.1 Å². The van der Waals surface area contributed by atoms with Gasteiger partial charge in [-0.2, -0.15) is 13.2 Å². The van der Waals surface area contributed by atoms with Gasteiger partial charge in [0.05, 0.1) is 17.4 Å². The molecule has 32 heavy (non-hydrogen) atoms. The van der Waals surface area contributed by atoms with Gasteiger partial charge < -0.3 is 19.5 Å². The Morgan fingerprint density at radius 3 is 2.62 bits per heavy atom. The zero-order valence-electron chi connectivity index (χ0n) is 16.6. The highest BCUT2D eigenvalue weighted by Gasteiger charge is 2.32. The zero-order valence-corrected chi connectivity index (χ0v) is 16.6. The van der Waals surface area contributed by atoms with Crippen LogP contribution >= 0.6 is 0 Å². The number of pyridine rings is 1. The van der Waals surface area contributed by atoms with Crippen LogP contribution in [0.25, 0.3) is 11.1 Å². The van der Waals surface area contributed by atoms with Gasteiger partial charge in [0.15, 0.2) is 5.58 Å². The van der Waals surface area contributed by atoms with E-state index in [2.05, 4.69) is 15.3 Å². The number of nitrogens with zero attached hydrogens (tertiary/aromatic N) is 3. The summed E-state index contributed by atoms with van der Waals surface area (Å²) in [5, 5.41) is 2.49. The Morgan fingerprint density at radius 1 is 1.09 bits per heavy atom. The smallest absolute Gasteiger partial charge is 0.408 e. The van der Waals surface area contributed by atoms with Crippen LogP contribution in [0, 0.1) is 0 Å². The van der Waals surface area contributed by atoms with E-state index in [0.717, 1.165) is 12.3 Å². The highest BCUT2D eigenvalue weighted by molar-refractivity contribution is 6.39. The maximum Gasteiger partial charge on any atom is 0.433 e. The molecule has 1 aliphatic rings. The molecule has 0 aliphatic carbocycles. The van der Waals surface area contributed by atoms with E-state index in [0.29, 0.717) is 42.9 Å². The molecule has 168 valence electrons. The number of aromatic amines is 1. The van der Waals surface area contributed by atoms with Crippen LogP contribution < -0.4 is 16.0 Å². The molecule has 9 nitrogen and oxygen atoms in total. The minimum absolute atomic E-state index is 0.221. The van der Waals surface area contributed by atoms with Crippen molar-refractivity contribution < 1.29 is 27.2 Å². The zero-order chi connectivity index (χ0) is 22.9. The maximum absolute atomic E-state index is 12.7. The number of carbonyl (C=O) groups excluding carboxylic acids is 2. The second-order valence-corrected chi connectivity index (χ2v) is 7.21. The molecule has 1 fully saturated rings. The lowest BCUT2D eigenvalue weighted by atomic mass is 10.3. The number of hydrogen-bond donors (Lipinski definition) is 2. The van der Waals surface area contributed by atoms with Crippen LogP contribution in [-0.2, 0) is 15.8 Å². The van der Waals surface area contributed by atoms with Crippen LogP contribution in [0.5, 0.6) is 0 Å². The van der Waals surface area contributed by atoms with Gasteiger partial charge in [0.25, 0.3) is 0 Å². The van der Waals surface area contributed by atoms with E-state index < -0.39 is 29.4 Å². The number of rotatable bonds is 2. The molecule has 0 atom stereocenters. The molecule has 3 heterocycles. The Balaban J connectivity index is 1.38. The molecule has 2 N–H and O–H groups in total. The summed E-state index contributed by atoms with van der Waals surface area (Å²) in [4.78, 5) is 45.4. The minimum atomic E-state index is -4.51. The van der Waals surface area contributed by atoms with Crippen molar-refractivity contribution in [3.8, 4) is 0 Å². The summed E-state index contributed by atoms with van der Waals surface area (Å²) in [6, 6.07) is 6.76. The normalized spacial score (nSPS) is 15.0. The summed E-state index contributed by atoms with van der Waals surface area (Å²) in [7, 11) is 0. The number of halogens is 3. The average Bonchev–Trinajstić information content (AvgIpc) is 2.95. The first kappa shape index (κ1) is 21.4. The number of oxazole rings is 1. The fourth-order valence-corrected chi connectivity index (χ4v) is 3.47. The summed E-state index contributed by atoms with van der Waals surface area (Å²) in [5.41, 5.74) is 0.547. The van der Waals surface area contributed by atoms with E-state index in [1.165, 1.54) is 23.1 Å². The summed E-state index contributed by atoms with van der Waals surface area (Å²) in [6.45, 7) is 1.38. The van der Waals surface area contributed by atoms with Crippen molar-refractivity contribution >= 4 is 34.3 Å². The summed E-state index contributed by atoms with van der Waals surface area (Å²) < 4.78 is 43.0. The molecule has 1 saturated heterocycles. The van der Waals surface area contributed by atoms with Gasteiger partial charge in [0.2, 0.25) is 0 Å². The third kappa shape index (κ3) is 4.58. The molecular weight excluding hydrogens is 431 g/mol. The molecule has 4 rings (SSSR count). The van der Waals surface area contributed by atoms with Crippen LogP contribution in [0.2, 0.25) is 0 Å². The number of alkyl halides is 3. The van der Waals surface area contributed by atoms with Crippen LogP contribution in [0.4, 0.5) is 24.5 Å². The summed E-state index contributed by atoms with van der Waals surface area (Å²) >= 11 is 0. The predicted molar refractivity (Wildman–Crippen MR) is 108 cm³/mol. The maximum atomic E-state index is 12.7. The molecule has 1 aliphatic heterocycles. The third-order valence-corrected chi connectivity index (χ3v) is 5.06. The van der Waals surface area contributed by atoms with Crippen molar-refractivity contribution in [1.82, 2.24) is 14.9 Å². The molecule has 2 amide bonds. The van der Waals surface area contributed by atoms with Gasteiger partial charge in [0.1, 0.15) is 5.69 Å². The van der Waals surface area contributed by atoms with E-state index in [-0.39, 0.29) is 12.1 Å². The summed E-state index contributed by atoms with van der Waals surface area (Å²) in [5.74, 6) is -2.20. The number of carbonyl (C=O) groups is 2. The molecule has 3 aromatic rings. The molecular formula is C20H18F3N5O4. The number of amides is 2. The number of fused-ring (bicyclic) bond motifs is 1. The van der Waals surface area contributed by atoms with E-state index in [9.17, 15) is 27.6 Å².